The molecule has 0 spiro atoms. The van der Waals surface area contributed by atoms with Crippen molar-refractivity contribution >= 4 is 21.6 Å². The topological polar surface area (TPSA) is 89.0 Å². The first-order valence-electron chi connectivity index (χ1n) is 10.4. The van der Waals surface area contributed by atoms with Crippen molar-refractivity contribution in [3.05, 3.63) is 48.2 Å². The van der Waals surface area contributed by atoms with Gasteiger partial charge in [-0.1, -0.05) is 6.07 Å². The van der Waals surface area contributed by atoms with Crippen LogP contribution in [0.1, 0.15) is 23.7 Å². The van der Waals surface area contributed by atoms with E-state index in [1.807, 2.05) is 6.07 Å². The number of carbonyl (C=O) groups is 1. The monoisotopic (exact) mass is 447 g/mol. The fourth-order valence-electron chi connectivity index (χ4n) is 3.49. The molecular weight excluding hydrogens is 418 g/mol. The fourth-order valence-corrected chi connectivity index (χ4v) is 4.81. The number of nitrogens with zero attached hydrogens (tertiary/aromatic N) is 3. The molecule has 1 aliphatic rings. The first-order valence-corrected chi connectivity index (χ1v) is 12.1. The summed E-state index contributed by atoms with van der Waals surface area (Å²) in [6.45, 7) is 5.71. The van der Waals surface area contributed by atoms with Gasteiger partial charge >= 0.3 is 5.97 Å². The van der Waals surface area contributed by atoms with Crippen LogP contribution in [0.3, 0.4) is 0 Å². The van der Waals surface area contributed by atoms with Gasteiger partial charge in [-0.05, 0) is 50.2 Å². The van der Waals surface area contributed by atoms with Crippen LogP contribution in [-0.4, -0.2) is 76.5 Å². The first-order chi connectivity index (χ1) is 14.9. The summed E-state index contributed by atoms with van der Waals surface area (Å²) < 4.78 is 35.5. The lowest BCUT2D eigenvalue weighted by Gasteiger charge is -2.22. The van der Waals surface area contributed by atoms with Crippen LogP contribution in [0.4, 0.5) is 5.82 Å². The van der Waals surface area contributed by atoms with Crippen LogP contribution < -0.4 is 9.64 Å². The smallest absolute Gasteiger partial charge is 0.339 e. The Morgan fingerprint density at radius 1 is 1.13 bits per heavy atom. The average molecular weight is 448 g/mol. The molecule has 1 fully saturated rings. The maximum atomic E-state index is 12.7. The van der Waals surface area contributed by atoms with Crippen molar-refractivity contribution in [2.75, 3.05) is 57.1 Å². The first kappa shape index (κ1) is 23.0. The highest BCUT2D eigenvalue weighted by molar-refractivity contribution is 7.91. The quantitative estimate of drug-likeness (QED) is 0.570. The van der Waals surface area contributed by atoms with Crippen molar-refractivity contribution in [1.29, 1.82) is 0 Å². The number of aromatic nitrogens is 1. The molecule has 2 heterocycles. The third-order valence-corrected chi connectivity index (χ3v) is 6.94. The van der Waals surface area contributed by atoms with Crippen molar-refractivity contribution in [1.82, 2.24) is 9.88 Å². The minimum atomic E-state index is -3.38. The zero-order valence-electron chi connectivity index (χ0n) is 18.0. The SMILES string of the molecule is CCOC(=O)c1ccc(N2CCCN(CCS(=O)(=O)c3cccc(OC)c3)CC2)nc1. The van der Waals surface area contributed by atoms with Crippen molar-refractivity contribution in [2.45, 2.75) is 18.2 Å². The molecule has 1 aliphatic heterocycles. The molecule has 0 aliphatic carbocycles. The molecule has 0 unspecified atom stereocenters. The second-order valence-corrected chi connectivity index (χ2v) is 9.41. The standard InChI is InChI=1S/C22H29N3O5S/c1-3-30-22(26)18-8-9-21(23-17-18)25-11-5-10-24(12-13-25)14-15-31(27,28)20-7-4-6-19(16-20)29-2/h4,6-9,16-17H,3,5,10-15H2,1-2H3. The average Bonchev–Trinajstić information content (AvgIpc) is 3.04. The highest BCUT2D eigenvalue weighted by Crippen LogP contribution is 2.19. The van der Waals surface area contributed by atoms with Gasteiger partial charge in [-0.15, -0.1) is 0 Å². The number of hydrogen-bond donors (Lipinski definition) is 0. The van der Waals surface area contributed by atoms with E-state index in [-0.39, 0.29) is 16.6 Å². The summed E-state index contributed by atoms with van der Waals surface area (Å²) in [7, 11) is -1.86. The summed E-state index contributed by atoms with van der Waals surface area (Å²) in [6.07, 6.45) is 2.44. The van der Waals surface area contributed by atoms with Crippen molar-refractivity contribution in [2.24, 2.45) is 0 Å². The van der Waals surface area contributed by atoms with E-state index >= 15 is 0 Å². The van der Waals surface area contributed by atoms with Crippen LogP contribution in [0.2, 0.25) is 0 Å². The van der Waals surface area contributed by atoms with E-state index in [1.165, 1.54) is 13.3 Å². The maximum Gasteiger partial charge on any atom is 0.339 e. The molecule has 168 valence electrons. The number of pyridine rings is 1. The largest absolute Gasteiger partial charge is 0.497 e. The van der Waals surface area contributed by atoms with Gasteiger partial charge in [0.05, 0.1) is 29.9 Å². The van der Waals surface area contributed by atoms with E-state index in [1.54, 1.807) is 37.3 Å². The predicted octanol–water partition coefficient (Wildman–Crippen LogP) is 2.25. The number of sulfone groups is 1. The van der Waals surface area contributed by atoms with E-state index in [9.17, 15) is 13.2 Å². The number of anilines is 1. The van der Waals surface area contributed by atoms with Gasteiger partial charge in [-0.2, -0.15) is 0 Å². The Bertz CT molecular complexity index is 979. The molecule has 0 radical (unpaired) electrons. The van der Waals surface area contributed by atoms with Gasteiger partial charge in [0.2, 0.25) is 0 Å². The normalized spacial score (nSPS) is 15.4. The van der Waals surface area contributed by atoms with Crippen molar-refractivity contribution in [3.63, 3.8) is 0 Å². The molecule has 31 heavy (non-hydrogen) atoms. The van der Waals surface area contributed by atoms with Crippen LogP contribution in [0.5, 0.6) is 5.75 Å². The Balaban J connectivity index is 1.55. The molecule has 8 nitrogen and oxygen atoms in total. The van der Waals surface area contributed by atoms with Crippen LogP contribution in [0.25, 0.3) is 0 Å². The number of carbonyl (C=O) groups excluding carboxylic acids is 1. The zero-order chi connectivity index (χ0) is 22.3. The van der Waals surface area contributed by atoms with Gasteiger partial charge < -0.3 is 19.3 Å². The van der Waals surface area contributed by atoms with Gasteiger partial charge in [0.15, 0.2) is 9.84 Å². The second kappa shape index (κ2) is 10.6. The van der Waals surface area contributed by atoms with Gasteiger partial charge in [-0.3, -0.25) is 0 Å². The predicted molar refractivity (Wildman–Crippen MR) is 119 cm³/mol. The number of hydrogen-bond acceptors (Lipinski definition) is 8. The van der Waals surface area contributed by atoms with Crippen molar-refractivity contribution in [3.8, 4) is 5.75 Å². The number of benzene rings is 1. The third kappa shape index (κ3) is 6.18. The molecule has 0 bridgehead atoms. The summed E-state index contributed by atoms with van der Waals surface area (Å²) in [6, 6.07) is 10.1. The number of rotatable bonds is 8. The molecule has 1 aromatic carbocycles. The molecule has 1 aromatic heterocycles. The Hall–Kier alpha value is -2.65. The second-order valence-electron chi connectivity index (χ2n) is 7.31. The minimum Gasteiger partial charge on any atom is -0.497 e. The number of esters is 1. The van der Waals surface area contributed by atoms with Gasteiger partial charge in [0.25, 0.3) is 0 Å². The van der Waals surface area contributed by atoms with E-state index in [4.69, 9.17) is 9.47 Å². The zero-order valence-corrected chi connectivity index (χ0v) is 18.8. The summed E-state index contributed by atoms with van der Waals surface area (Å²) in [5.41, 5.74) is 0.435. The lowest BCUT2D eigenvalue weighted by molar-refractivity contribution is 0.0526. The Kier molecular flexibility index (Phi) is 7.86. The van der Waals surface area contributed by atoms with E-state index in [0.717, 1.165) is 38.4 Å². The number of ether oxygens (including phenoxy) is 2. The summed E-state index contributed by atoms with van der Waals surface area (Å²) >= 11 is 0. The van der Waals surface area contributed by atoms with Crippen molar-refractivity contribution < 1.29 is 22.7 Å². The molecule has 3 rings (SSSR count). The Morgan fingerprint density at radius 2 is 1.97 bits per heavy atom. The van der Waals surface area contributed by atoms with Gasteiger partial charge in [0.1, 0.15) is 11.6 Å². The molecule has 0 atom stereocenters. The van der Waals surface area contributed by atoms with E-state index in [2.05, 4.69) is 14.8 Å². The third-order valence-electron chi connectivity index (χ3n) is 5.25. The lowest BCUT2D eigenvalue weighted by Crippen LogP contribution is -2.34. The van der Waals surface area contributed by atoms with Crippen LogP contribution in [0, 0.1) is 0 Å². The molecule has 0 amide bonds. The summed E-state index contributed by atoms with van der Waals surface area (Å²) in [5.74, 6) is 1.03. The lowest BCUT2D eigenvalue weighted by atomic mass is 10.2. The Labute approximate surface area is 183 Å². The fraction of sp³-hybridized carbons (Fsp3) is 0.455. The molecule has 0 saturated carbocycles. The number of methoxy groups -OCH3 is 1. The molecule has 1 saturated heterocycles. The molecule has 2 aromatic rings. The van der Waals surface area contributed by atoms with E-state index in [0.29, 0.717) is 24.5 Å². The summed E-state index contributed by atoms with van der Waals surface area (Å²) in [4.78, 5) is 20.8. The maximum absolute atomic E-state index is 12.7. The van der Waals surface area contributed by atoms with Crippen LogP contribution in [0.15, 0.2) is 47.5 Å². The Morgan fingerprint density at radius 3 is 2.68 bits per heavy atom. The van der Waals surface area contributed by atoms with Gasteiger partial charge in [-0.25, -0.2) is 18.2 Å². The highest BCUT2D eigenvalue weighted by atomic mass is 32.2. The van der Waals surface area contributed by atoms with Crippen LogP contribution >= 0.6 is 0 Å². The van der Waals surface area contributed by atoms with Gasteiger partial charge in [0, 0.05) is 32.4 Å². The minimum absolute atomic E-state index is 0.0622. The highest BCUT2D eigenvalue weighted by Gasteiger charge is 2.20. The molecule has 9 heteroatoms. The van der Waals surface area contributed by atoms with Crippen LogP contribution in [-0.2, 0) is 14.6 Å². The molecular formula is C22H29N3O5S. The van der Waals surface area contributed by atoms with E-state index < -0.39 is 9.84 Å². The summed E-state index contributed by atoms with van der Waals surface area (Å²) in [5, 5.41) is 0. The molecule has 0 N–H and O–H groups in total.